The largest absolute Gasteiger partial charge is 0.407 e. The zero-order valence-corrected chi connectivity index (χ0v) is 10.1. The minimum Gasteiger partial charge on any atom is -0.407 e. The van der Waals surface area contributed by atoms with Gasteiger partial charge in [-0.15, -0.1) is 0 Å². The molecule has 0 bridgehead atoms. The van der Waals surface area contributed by atoms with E-state index in [1.165, 1.54) is 13.0 Å². The van der Waals surface area contributed by atoms with Gasteiger partial charge in [0.15, 0.2) is 0 Å². The van der Waals surface area contributed by atoms with E-state index in [0.29, 0.717) is 18.1 Å². The Bertz CT molecular complexity index is 397. The van der Waals surface area contributed by atoms with Crippen LogP contribution < -0.4 is 10.5 Å². The maximum Gasteiger partial charge on any atom is 0.309 e. The first-order chi connectivity index (χ1) is 7.26. The Kier molecular flexibility index (Phi) is 3.47. The van der Waals surface area contributed by atoms with Crippen molar-refractivity contribution in [3.63, 3.8) is 0 Å². The Hall–Kier alpha value is -1.65. The first-order valence-electron chi connectivity index (χ1n) is 5.08. The van der Waals surface area contributed by atoms with Crippen molar-refractivity contribution in [1.29, 1.82) is 0 Å². The van der Waals surface area contributed by atoms with Gasteiger partial charge >= 0.3 is 5.97 Å². The van der Waals surface area contributed by atoms with E-state index < -0.39 is 5.97 Å². The minimum atomic E-state index is -0.417. The predicted octanol–water partition coefficient (Wildman–Crippen LogP) is 1.57. The summed E-state index contributed by atoms with van der Waals surface area (Å²) < 4.78 is 4.88. The first kappa shape index (κ1) is 12.4. The van der Waals surface area contributed by atoms with Crippen LogP contribution in [-0.2, 0) is 11.2 Å². The normalized spacial score (nSPS) is 11.2. The third kappa shape index (κ3) is 4.25. The molecule has 0 aliphatic rings. The van der Waals surface area contributed by atoms with Crippen LogP contribution in [0.5, 0.6) is 5.88 Å². The second kappa shape index (κ2) is 4.47. The molecule has 5 nitrogen and oxygen atoms in total. The van der Waals surface area contributed by atoms with Crippen LogP contribution in [0.4, 0.5) is 5.82 Å². The van der Waals surface area contributed by atoms with Gasteiger partial charge in [-0.05, 0) is 5.41 Å². The van der Waals surface area contributed by atoms with E-state index in [9.17, 15) is 4.79 Å². The van der Waals surface area contributed by atoms with Gasteiger partial charge in [-0.3, -0.25) is 4.79 Å². The monoisotopic (exact) mass is 223 g/mol. The molecule has 0 unspecified atom stereocenters. The van der Waals surface area contributed by atoms with E-state index in [-0.39, 0.29) is 11.3 Å². The van der Waals surface area contributed by atoms with Gasteiger partial charge in [0.05, 0.1) is 0 Å². The highest BCUT2D eigenvalue weighted by atomic mass is 16.5. The van der Waals surface area contributed by atoms with Crippen LogP contribution in [0.2, 0.25) is 0 Å². The van der Waals surface area contributed by atoms with Gasteiger partial charge in [-0.1, -0.05) is 20.8 Å². The third-order valence-corrected chi connectivity index (χ3v) is 1.71. The van der Waals surface area contributed by atoms with Gasteiger partial charge in [0, 0.05) is 19.4 Å². The smallest absolute Gasteiger partial charge is 0.309 e. The van der Waals surface area contributed by atoms with Crippen molar-refractivity contribution in [2.45, 2.75) is 34.1 Å². The molecule has 0 saturated heterocycles. The van der Waals surface area contributed by atoms with Crippen molar-refractivity contribution in [1.82, 2.24) is 9.97 Å². The molecule has 88 valence electrons. The van der Waals surface area contributed by atoms with Gasteiger partial charge < -0.3 is 10.5 Å². The molecule has 0 radical (unpaired) electrons. The fourth-order valence-electron chi connectivity index (χ4n) is 1.25. The molecular formula is C11H17N3O2. The summed E-state index contributed by atoms with van der Waals surface area (Å²) in [5.74, 6) is 0.688. The summed E-state index contributed by atoms with van der Waals surface area (Å²) in [5.41, 5.74) is 5.67. The number of anilines is 1. The summed E-state index contributed by atoms with van der Waals surface area (Å²) in [6, 6.07) is 1.44. The van der Waals surface area contributed by atoms with Crippen molar-refractivity contribution in [2.24, 2.45) is 5.41 Å². The molecule has 1 heterocycles. The molecule has 0 spiro atoms. The summed E-state index contributed by atoms with van der Waals surface area (Å²) in [5, 5.41) is 0. The average Bonchev–Trinajstić information content (AvgIpc) is 1.96. The molecule has 1 aromatic heterocycles. The van der Waals surface area contributed by atoms with Crippen molar-refractivity contribution >= 4 is 11.8 Å². The number of esters is 1. The number of carbonyl (C=O) groups is 1. The topological polar surface area (TPSA) is 78.1 Å². The van der Waals surface area contributed by atoms with E-state index in [0.717, 1.165) is 0 Å². The molecule has 0 saturated carbocycles. The molecule has 0 atom stereocenters. The van der Waals surface area contributed by atoms with Gasteiger partial charge in [0.1, 0.15) is 11.6 Å². The molecule has 2 N–H and O–H groups in total. The number of ether oxygens (including phenoxy) is 1. The Labute approximate surface area is 95.0 Å². The van der Waals surface area contributed by atoms with Crippen LogP contribution in [0.1, 0.15) is 33.5 Å². The van der Waals surface area contributed by atoms with E-state index in [2.05, 4.69) is 30.7 Å². The number of aromatic nitrogens is 2. The third-order valence-electron chi connectivity index (χ3n) is 1.71. The van der Waals surface area contributed by atoms with Crippen LogP contribution in [0.3, 0.4) is 0 Å². The standard InChI is InChI=1S/C11H17N3O2/c1-7(15)16-10-5-8(12)13-9(14-10)6-11(2,3)4/h5H,6H2,1-4H3,(H2,12,13,14). The zero-order chi connectivity index (χ0) is 12.3. The lowest BCUT2D eigenvalue weighted by Gasteiger charge is -2.17. The van der Waals surface area contributed by atoms with Crippen molar-refractivity contribution in [3.05, 3.63) is 11.9 Å². The summed E-state index contributed by atoms with van der Waals surface area (Å²) in [6.07, 6.45) is 0.673. The van der Waals surface area contributed by atoms with Crippen LogP contribution in [0, 0.1) is 5.41 Å². The lowest BCUT2D eigenvalue weighted by Crippen LogP contribution is -2.14. The average molecular weight is 223 g/mol. The number of rotatable bonds is 2. The molecule has 0 aliphatic carbocycles. The van der Waals surface area contributed by atoms with E-state index in [1.807, 2.05) is 0 Å². The Balaban J connectivity index is 2.94. The van der Waals surface area contributed by atoms with Gasteiger partial charge in [-0.25, -0.2) is 4.98 Å². The molecule has 0 amide bonds. The number of nitrogen functional groups attached to an aromatic ring is 1. The molecule has 0 fully saturated rings. The molecular weight excluding hydrogens is 206 g/mol. The second-order valence-electron chi connectivity index (χ2n) is 4.88. The summed E-state index contributed by atoms with van der Waals surface area (Å²) in [7, 11) is 0. The van der Waals surface area contributed by atoms with Crippen LogP contribution in [-0.4, -0.2) is 15.9 Å². The number of hydrogen-bond acceptors (Lipinski definition) is 5. The van der Waals surface area contributed by atoms with Crippen molar-refractivity contribution in [2.75, 3.05) is 5.73 Å². The molecule has 0 aromatic carbocycles. The Morgan fingerprint density at radius 3 is 2.56 bits per heavy atom. The lowest BCUT2D eigenvalue weighted by molar-refractivity contribution is -0.132. The lowest BCUT2D eigenvalue weighted by atomic mass is 9.92. The van der Waals surface area contributed by atoms with E-state index >= 15 is 0 Å². The summed E-state index contributed by atoms with van der Waals surface area (Å²) in [6.45, 7) is 7.54. The second-order valence-corrected chi connectivity index (χ2v) is 4.88. The highest BCUT2D eigenvalue weighted by molar-refractivity contribution is 5.68. The Morgan fingerprint density at radius 2 is 2.06 bits per heavy atom. The maximum absolute atomic E-state index is 10.8. The highest BCUT2D eigenvalue weighted by Crippen LogP contribution is 2.20. The first-order valence-corrected chi connectivity index (χ1v) is 5.08. The Morgan fingerprint density at radius 1 is 1.44 bits per heavy atom. The molecule has 16 heavy (non-hydrogen) atoms. The fourth-order valence-corrected chi connectivity index (χ4v) is 1.25. The van der Waals surface area contributed by atoms with Gasteiger partial charge in [0.2, 0.25) is 5.88 Å². The van der Waals surface area contributed by atoms with E-state index in [4.69, 9.17) is 10.5 Å². The van der Waals surface area contributed by atoms with Crippen molar-refractivity contribution in [3.8, 4) is 5.88 Å². The van der Waals surface area contributed by atoms with Gasteiger partial charge in [-0.2, -0.15) is 4.98 Å². The van der Waals surface area contributed by atoms with Crippen LogP contribution in [0.25, 0.3) is 0 Å². The maximum atomic E-state index is 10.8. The zero-order valence-electron chi connectivity index (χ0n) is 10.1. The van der Waals surface area contributed by atoms with Crippen molar-refractivity contribution < 1.29 is 9.53 Å². The fraction of sp³-hybridized carbons (Fsp3) is 0.545. The van der Waals surface area contributed by atoms with Crippen LogP contribution in [0.15, 0.2) is 6.07 Å². The number of carbonyl (C=O) groups excluding carboxylic acids is 1. The van der Waals surface area contributed by atoms with E-state index in [1.54, 1.807) is 0 Å². The molecule has 0 aliphatic heterocycles. The predicted molar refractivity (Wildman–Crippen MR) is 60.9 cm³/mol. The molecule has 1 aromatic rings. The number of hydrogen-bond donors (Lipinski definition) is 1. The quantitative estimate of drug-likeness (QED) is 0.770. The minimum absolute atomic E-state index is 0.0568. The van der Waals surface area contributed by atoms with Crippen LogP contribution >= 0.6 is 0 Å². The summed E-state index contributed by atoms with van der Waals surface area (Å²) >= 11 is 0. The summed E-state index contributed by atoms with van der Waals surface area (Å²) in [4.78, 5) is 19.0. The highest BCUT2D eigenvalue weighted by Gasteiger charge is 2.15. The number of nitrogens with two attached hydrogens (primary N) is 1. The van der Waals surface area contributed by atoms with Gasteiger partial charge in [0.25, 0.3) is 0 Å². The number of nitrogens with zero attached hydrogens (tertiary/aromatic N) is 2. The molecule has 5 heteroatoms. The SMILES string of the molecule is CC(=O)Oc1cc(N)nc(CC(C)(C)C)n1. The molecule has 1 rings (SSSR count).